The largest absolute Gasteiger partial charge is 0.480 e. The molecule has 0 fully saturated rings. The second kappa shape index (κ2) is 5.08. The predicted molar refractivity (Wildman–Crippen MR) is 55.3 cm³/mol. The van der Waals surface area contributed by atoms with Gasteiger partial charge in [0.1, 0.15) is 11.4 Å². The molecule has 1 aromatic heterocycles. The van der Waals surface area contributed by atoms with Gasteiger partial charge >= 0.3 is 5.97 Å². The first-order chi connectivity index (χ1) is 7.45. The molecule has 0 aliphatic heterocycles. The Morgan fingerprint density at radius 2 is 2.31 bits per heavy atom. The van der Waals surface area contributed by atoms with Crippen molar-refractivity contribution in [2.45, 2.75) is 24.8 Å². The van der Waals surface area contributed by atoms with Gasteiger partial charge in [-0.15, -0.1) is 0 Å². The zero-order valence-electron chi connectivity index (χ0n) is 8.75. The van der Waals surface area contributed by atoms with Crippen LogP contribution in [-0.2, 0) is 21.4 Å². The van der Waals surface area contributed by atoms with Gasteiger partial charge in [0.15, 0.2) is 0 Å². The summed E-state index contributed by atoms with van der Waals surface area (Å²) in [7, 11) is -3.56. The Morgan fingerprint density at radius 1 is 1.62 bits per heavy atom. The lowest BCUT2D eigenvalue weighted by atomic mass is 10.5. The van der Waals surface area contributed by atoms with E-state index in [0.717, 1.165) is 10.9 Å². The van der Waals surface area contributed by atoms with Crippen LogP contribution in [0.15, 0.2) is 17.3 Å². The maximum atomic E-state index is 11.6. The van der Waals surface area contributed by atoms with Crippen LogP contribution < -0.4 is 4.72 Å². The molecular weight excluding hydrogens is 234 g/mol. The number of hydrogen-bond donors (Lipinski definition) is 2. The number of aromatic nitrogens is 2. The number of aliphatic carboxylic acids is 1. The third-order valence-electron chi connectivity index (χ3n) is 1.76. The van der Waals surface area contributed by atoms with Crippen LogP contribution in [0.5, 0.6) is 0 Å². The standard InChI is InChI=1S/C8H13N3O4S/c1-2-3-10-16(14,15)7-4-9-11(5-7)6-8(12)13/h4-5,10H,2-3,6H2,1H3,(H,12,13). The van der Waals surface area contributed by atoms with Gasteiger partial charge in [0.2, 0.25) is 10.0 Å². The lowest BCUT2D eigenvalue weighted by Gasteiger charge is -2.01. The molecule has 0 bridgehead atoms. The summed E-state index contributed by atoms with van der Waals surface area (Å²) in [4.78, 5) is 10.3. The fraction of sp³-hybridized carbons (Fsp3) is 0.500. The second-order valence-electron chi connectivity index (χ2n) is 3.17. The third kappa shape index (κ3) is 3.31. The Kier molecular flexibility index (Phi) is 4.02. The lowest BCUT2D eigenvalue weighted by molar-refractivity contribution is -0.137. The Morgan fingerprint density at radius 3 is 2.88 bits per heavy atom. The van der Waals surface area contributed by atoms with E-state index < -0.39 is 16.0 Å². The Labute approximate surface area is 93.1 Å². The maximum Gasteiger partial charge on any atom is 0.325 e. The first-order valence-corrected chi connectivity index (χ1v) is 6.18. The summed E-state index contributed by atoms with van der Waals surface area (Å²) >= 11 is 0. The summed E-state index contributed by atoms with van der Waals surface area (Å²) < 4.78 is 26.6. The maximum absolute atomic E-state index is 11.6. The topological polar surface area (TPSA) is 101 Å². The van der Waals surface area contributed by atoms with Crippen LogP contribution in [0.4, 0.5) is 0 Å². The molecule has 16 heavy (non-hydrogen) atoms. The highest BCUT2D eigenvalue weighted by Crippen LogP contribution is 2.06. The fourth-order valence-electron chi connectivity index (χ4n) is 1.03. The Balaban J connectivity index is 2.80. The normalized spacial score (nSPS) is 11.6. The molecule has 0 aliphatic rings. The van der Waals surface area contributed by atoms with E-state index in [-0.39, 0.29) is 11.4 Å². The molecule has 7 nitrogen and oxygen atoms in total. The van der Waals surface area contributed by atoms with Crippen molar-refractivity contribution in [1.29, 1.82) is 0 Å². The van der Waals surface area contributed by atoms with Crippen LogP contribution in [0.2, 0.25) is 0 Å². The van der Waals surface area contributed by atoms with Gasteiger partial charge in [-0.2, -0.15) is 5.10 Å². The highest BCUT2D eigenvalue weighted by Gasteiger charge is 2.15. The summed E-state index contributed by atoms with van der Waals surface area (Å²) in [6.07, 6.45) is 3.00. The minimum Gasteiger partial charge on any atom is -0.480 e. The quantitative estimate of drug-likeness (QED) is 0.715. The van der Waals surface area contributed by atoms with Crippen molar-refractivity contribution in [2.24, 2.45) is 0 Å². The number of nitrogens with zero attached hydrogens (tertiary/aromatic N) is 2. The van der Waals surface area contributed by atoms with E-state index >= 15 is 0 Å². The van der Waals surface area contributed by atoms with Crippen molar-refractivity contribution < 1.29 is 18.3 Å². The number of sulfonamides is 1. The lowest BCUT2D eigenvalue weighted by Crippen LogP contribution is -2.24. The molecule has 0 saturated heterocycles. The number of hydrogen-bond acceptors (Lipinski definition) is 4. The monoisotopic (exact) mass is 247 g/mol. The van der Waals surface area contributed by atoms with Gasteiger partial charge in [-0.25, -0.2) is 13.1 Å². The van der Waals surface area contributed by atoms with Crippen molar-refractivity contribution in [2.75, 3.05) is 6.54 Å². The van der Waals surface area contributed by atoms with Crippen molar-refractivity contribution in [3.63, 3.8) is 0 Å². The van der Waals surface area contributed by atoms with Gasteiger partial charge in [-0.1, -0.05) is 6.92 Å². The second-order valence-corrected chi connectivity index (χ2v) is 4.93. The summed E-state index contributed by atoms with van der Waals surface area (Å²) in [5.74, 6) is -1.08. The van der Waals surface area contributed by atoms with E-state index in [9.17, 15) is 13.2 Å². The third-order valence-corrected chi connectivity index (χ3v) is 3.17. The van der Waals surface area contributed by atoms with E-state index in [1.165, 1.54) is 6.20 Å². The Bertz CT molecular complexity index is 465. The molecule has 0 saturated carbocycles. The molecule has 1 heterocycles. The molecule has 0 unspecified atom stereocenters. The number of carboxylic acids is 1. The van der Waals surface area contributed by atoms with E-state index in [2.05, 4.69) is 9.82 Å². The van der Waals surface area contributed by atoms with Crippen LogP contribution in [-0.4, -0.2) is 35.8 Å². The molecule has 8 heteroatoms. The highest BCUT2D eigenvalue weighted by atomic mass is 32.2. The van der Waals surface area contributed by atoms with E-state index in [1.807, 2.05) is 6.92 Å². The van der Waals surface area contributed by atoms with Crippen LogP contribution >= 0.6 is 0 Å². The highest BCUT2D eigenvalue weighted by molar-refractivity contribution is 7.89. The smallest absolute Gasteiger partial charge is 0.325 e. The van der Waals surface area contributed by atoms with Gasteiger partial charge in [-0.3, -0.25) is 9.48 Å². The van der Waals surface area contributed by atoms with Crippen molar-refractivity contribution in [3.05, 3.63) is 12.4 Å². The van der Waals surface area contributed by atoms with Crippen LogP contribution in [0.3, 0.4) is 0 Å². The predicted octanol–water partition coefficient (Wildman–Crippen LogP) is -0.344. The molecule has 0 radical (unpaired) electrons. The molecule has 0 atom stereocenters. The van der Waals surface area contributed by atoms with Crippen LogP contribution in [0.25, 0.3) is 0 Å². The summed E-state index contributed by atoms with van der Waals surface area (Å²) in [6, 6.07) is 0. The summed E-state index contributed by atoms with van der Waals surface area (Å²) in [6.45, 7) is 1.83. The SMILES string of the molecule is CCCNS(=O)(=O)c1cnn(CC(=O)O)c1. The molecule has 0 aliphatic carbocycles. The average molecular weight is 247 g/mol. The first kappa shape index (κ1) is 12.7. The Hall–Kier alpha value is -1.41. The van der Waals surface area contributed by atoms with E-state index in [4.69, 9.17) is 5.11 Å². The summed E-state index contributed by atoms with van der Waals surface area (Å²) in [5.41, 5.74) is 0. The fourth-order valence-corrected chi connectivity index (χ4v) is 2.11. The summed E-state index contributed by atoms with van der Waals surface area (Å²) in [5, 5.41) is 12.1. The molecule has 2 N–H and O–H groups in total. The molecule has 0 spiro atoms. The van der Waals surface area contributed by atoms with Gasteiger partial charge in [0, 0.05) is 12.7 Å². The minimum atomic E-state index is -3.56. The van der Waals surface area contributed by atoms with Crippen LogP contribution in [0.1, 0.15) is 13.3 Å². The van der Waals surface area contributed by atoms with Crippen LogP contribution in [0, 0.1) is 0 Å². The number of carboxylic acid groups (broad SMARTS) is 1. The zero-order chi connectivity index (χ0) is 12.2. The van der Waals surface area contributed by atoms with Crippen molar-refractivity contribution >= 4 is 16.0 Å². The average Bonchev–Trinajstić information content (AvgIpc) is 2.63. The number of carbonyl (C=O) groups is 1. The van der Waals surface area contributed by atoms with E-state index in [0.29, 0.717) is 13.0 Å². The molecule has 1 aromatic rings. The van der Waals surface area contributed by atoms with Gasteiger partial charge in [0.25, 0.3) is 0 Å². The number of nitrogens with one attached hydrogen (secondary N) is 1. The molecular formula is C8H13N3O4S. The van der Waals surface area contributed by atoms with Gasteiger partial charge < -0.3 is 5.11 Å². The molecule has 0 amide bonds. The minimum absolute atomic E-state index is 0.0257. The number of rotatable bonds is 6. The van der Waals surface area contributed by atoms with Gasteiger partial charge in [-0.05, 0) is 6.42 Å². The molecule has 90 valence electrons. The van der Waals surface area contributed by atoms with Gasteiger partial charge in [0.05, 0.1) is 6.20 Å². The first-order valence-electron chi connectivity index (χ1n) is 4.69. The van der Waals surface area contributed by atoms with Crippen molar-refractivity contribution in [3.8, 4) is 0 Å². The zero-order valence-corrected chi connectivity index (χ0v) is 9.57. The molecule has 0 aromatic carbocycles. The molecule has 1 rings (SSSR count). The van der Waals surface area contributed by atoms with Crippen molar-refractivity contribution in [1.82, 2.24) is 14.5 Å². The van der Waals surface area contributed by atoms with E-state index in [1.54, 1.807) is 0 Å².